The smallest absolute Gasteiger partial charge is 0.0639 e. The molecule has 4 heteroatoms. The number of nitrogens with two attached hydrogens (primary N) is 1. The van der Waals surface area contributed by atoms with Gasteiger partial charge in [-0.1, -0.05) is 19.4 Å². The minimum atomic E-state index is 0.702. The van der Waals surface area contributed by atoms with Crippen LogP contribution in [0.1, 0.15) is 19.8 Å². The second-order valence-electron chi connectivity index (χ2n) is 4.52. The third-order valence-electron chi connectivity index (χ3n) is 3.07. The molecule has 1 aromatic carbocycles. The minimum Gasteiger partial charge on any atom is -0.397 e. The van der Waals surface area contributed by atoms with Crippen LogP contribution in [-0.4, -0.2) is 24.7 Å². The summed E-state index contributed by atoms with van der Waals surface area (Å²) in [5.41, 5.74) is 7.88. The van der Waals surface area contributed by atoms with Crippen LogP contribution in [0.25, 0.3) is 10.8 Å². The van der Waals surface area contributed by atoms with E-state index in [1.807, 2.05) is 24.4 Å². The largest absolute Gasteiger partial charge is 0.397 e. The number of hydrogen-bond acceptors (Lipinski definition) is 4. The van der Waals surface area contributed by atoms with E-state index < -0.39 is 0 Å². The number of benzene rings is 1. The fourth-order valence-electron chi connectivity index (χ4n) is 1.95. The maximum absolute atomic E-state index is 6.15. The lowest BCUT2D eigenvalue weighted by molar-refractivity contribution is 0.141. The first-order chi connectivity index (χ1) is 9.33. The zero-order valence-corrected chi connectivity index (χ0v) is 11.4. The number of nitrogens with zero attached hydrogens (tertiary/aromatic N) is 1. The Hall–Kier alpha value is -1.81. The van der Waals surface area contributed by atoms with E-state index in [1.165, 1.54) is 6.42 Å². The molecule has 0 aliphatic rings. The predicted molar refractivity (Wildman–Crippen MR) is 80.4 cm³/mol. The maximum Gasteiger partial charge on any atom is 0.0639 e. The average molecular weight is 259 g/mol. The van der Waals surface area contributed by atoms with E-state index in [1.54, 1.807) is 6.20 Å². The van der Waals surface area contributed by atoms with E-state index in [-0.39, 0.29) is 0 Å². The van der Waals surface area contributed by atoms with Crippen LogP contribution in [0.15, 0.2) is 30.6 Å². The van der Waals surface area contributed by atoms with Crippen LogP contribution in [0.2, 0.25) is 0 Å². The number of unbranched alkanes of at least 4 members (excludes halogenated alkanes) is 1. The van der Waals surface area contributed by atoms with Gasteiger partial charge in [-0.15, -0.1) is 0 Å². The molecule has 3 N–H and O–H groups in total. The number of anilines is 2. The van der Waals surface area contributed by atoms with Gasteiger partial charge in [0.2, 0.25) is 0 Å². The van der Waals surface area contributed by atoms with Crippen molar-refractivity contribution in [3.05, 3.63) is 30.6 Å². The number of hydrogen-bond donors (Lipinski definition) is 2. The number of nitrogen functional groups attached to an aromatic ring is 1. The number of aromatic nitrogens is 1. The van der Waals surface area contributed by atoms with Crippen LogP contribution in [0.3, 0.4) is 0 Å². The molecule has 0 radical (unpaired) electrons. The first-order valence-corrected chi connectivity index (χ1v) is 6.76. The Morgan fingerprint density at radius 3 is 3.00 bits per heavy atom. The Labute approximate surface area is 114 Å². The highest BCUT2D eigenvalue weighted by molar-refractivity contribution is 5.98. The van der Waals surface area contributed by atoms with Crippen LogP contribution >= 0.6 is 0 Å². The summed E-state index contributed by atoms with van der Waals surface area (Å²) < 4.78 is 5.51. The van der Waals surface area contributed by atoms with E-state index in [9.17, 15) is 0 Å². The standard InChI is InChI=1S/C15H21N3O/c1-2-3-9-19-10-8-18-14-5-4-12-11-17-7-6-13(12)15(14)16/h4-7,11,18H,2-3,8-10,16H2,1H3. The molecule has 0 fully saturated rings. The van der Waals surface area contributed by atoms with Crippen LogP contribution in [0, 0.1) is 0 Å². The highest BCUT2D eigenvalue weighted by atomic mass is 16.5. The highest BCUT2D eigenvalue weighted by Crippen LogP contribution is 2.27. The third-order valence-corrected chi connectivity index (χ3v) is 3.07. The van der Waals surface area contributed by atoms with E-state index >= 15 is 0 Å². The summed E-state index contributed by atoms with van der Waals surface area (Å²) >= 11 is 0. The summed E-state index contributed by atoms with van der Waals surface area (Å²) in [6.45, 7) is 4.46. The van der Waals surface area contributed by atoms with Gasteiger partial charge in [-0.3, -0.25) is 4.98 Å². The molecule has 1 aromatic heterocycles. The lowest BCUT2D eigenvalue weighted by Crippen LogP contribution is -2.11. The van der Waals surface area contributed by atoms with Gasteiger partial charge in [0.15, 0.2) is 0 Å². The van der Waals surface area contributed by atoms with Crippen LogP contribution < -0.4 is 11.1 Å². The zero-order chi connectivity index (χ0) is 13.5. The molecule has 0 aliphatic carbocycles. The van der Waals surface area contributed by atoms with Gasteiger partial charge in [-0.05, 0) is 18.6 Å². The first kappa shape index (κ1) is 13.6. The van der Waals surface area contributed by atoms with E-state index in [4.69, 9.17) is 10.5 Å². The highest BCUT2D eigenvalue weighted by Gasteiger charge is 2.03. The Bertz CT molecular complexity index is 528. The van der Waals surface area contributed by atoms with Crippen molar-refractivity contribution in [3.63, 3.8) is 0 Å². The Kier molecular flexibility index (Phi) is 4.98. The third kappa shape index (κ3) is 3.58. The van der Waals surface area contributed by atoms with Crippen LogP contribution in [0.4, 0.5) is 11.4 Å². The normalized spacial score (nSPS) is 10.8. The quantitative estimate of drug-likeness (QED) is 0.592. The SMILES string of the molecule is CCCCOCCNc1ccc2cnccc2c1N. The lowest BCUT2D eigenvalue weighted by atomic mass is 10.1. The maximum atomic E-state index is 6.15. The average Bonchev–Trinajstić information content (AvgIpc) is 2.45. The molecule has 102 valence electrons. The molecule has 0 saturated heterocycles. The number of rotatable bonds is 7. The number of pyridine rings is 1. The molecule has 0 atom stereocenters. The van der Waals surface area contributed by atoms with Crippen molar-refractivity contribution < 1.29 is 4.74 Å². The summed E-state index contributed by atoms with van der Waals surface area (Å²) in [5, 5.41) is 5.41. The molecule has 0 saturated carbocycles. The van der Waals surface area contributed by atoms with E-state index in [0.29, 0.717) is 6.61 Å². The van der Waals surface area contributed by atoms with Crippen LogP contribution in [0.5, 0.6) is 0 Å². The summed E-state index contributed by atoms with van der Waals surface area (Å²) in [6.07, 6.45) is 5.86. The molecule has 1 heterocycles. The minimum absolute atomic E-state index is 0.702. The lowest BCUT2D eigenvalue weighted by Gasteiger charge is -2.11. The fourth-order valence-corrected chi connectivity index (χ4v) is 1.95. The summed E-state index contributed by atoms with van der Waals surface area (Å²) in [5.74, 6) is 0. The van der Waals surface area contributed by atoms with E-state index in [2.05, 4.69) is 17.2 Å². The second-order valence-corrected chi connectivity index (χ2v) is 4.52. The van der Waals surface area contributed by atoms with Crippen molar-refractivity contribution >= 4 is 22.1 Å². The van der Waals surface area contributed by atoms with Gasteiger partial charge in [-0.2, -0.15) is 0 Å². The molecule has 0 amide bonds. The molecule has 2 rings (SSSR count). The van der Waals surface area contributed by atoms with Gasteiger partial charge >= 0.3 is 0 Å². The van der Waals surface area contributed by atoms with Gasteiger partial charge < -0.3 is 15.8 Å². The molecular weight excluding hydrogens is 238 g/mol. The summed E-state index contributed by atoms with van der Waals surface area (Å²) in [4.78, 5) is 4.09. The van der Waals surface area contributed by atoms with Crippen molar-refractivity contribution in [1.29, 1.82) is 0 Å². The zero-order valence-electron chi connectivity index (χ0n) is 11.4. The molecule has 4 nitrogen and oxygen atoms in total. The molecule has 19 heavy (non-hydrogen) atoms. The molecule has 0 spiro atoms. The molecule has 0 unspecified atom stereocenters. The monoisotopic (exact) mass is 259 g/mol. The van der Waals surface area contributed by atoms with Crippen molar-refractivity contribution in [2.45, 2.75) is 19.8 Å². The number of nitrogens with one attached hydrogen (secondary N) is 1. The van der Waals surface area contributed by atoms with E-state index in [0.717, 1.165) is 41.7 Å². The van der Waals surface area contributed by atoms with Gasteiger partial charge in [0.25, 0.3) is 0 Å². The molecule has 2 aromatic rings. The van der Waals surface area contributed by atoms with Gasteiger partial charge in [-0.25, -0.2) is 0 Å². The summed E-state index contributed by atoms with van der Waals surface area (Å²) in [7, 11) is 0. The fraction of sp³-hybridized carbons (Fsp3) is 0.400. The van der Waals surface area contributed by atoms with Crippen molar-refractivity contribution in [3.8, 4) is 0 Å². The summed E-state index contributed by atoms with van der Waals surface area (Å²) in [6, 6.07) is 5.96. The first-order valence-electron chi connectivity index (χ1n) is 6.76. The molecule has 0 bridgehead atoms. The van der Waals surface area contributed by atoms with Gasteiger partial charge in [0.1, 0.15) is 0 Å². The Balaban J connectivity index is 1.92. The second kappa shape index (κ2) is 6.95. The van der Waals surface area contributed by atoms with Gasteiger partial charge in [0, 0.05) is 36.3 Å². The number of fused-ring (bicyclic) bond motifs is 1. The Morgan fingerprint density at radius 1 is 1.26 bits per heavy atom. The Morgan fingerprint density at radius 2 is 2.16 bits per heavy atom. The molecule has 0 aliphatic heterocycles. The molecular formula is C15H21N3O. The van der Waals surface area contributed by atoms with Crippen LogP contribution in [-0.2, 0) is 4.74 Å². The topological polar surface area (TPSA) is 60.2 Å². The number of ether oxygens (including phenoxy) is 1. The van der Waals surface area contributed by atoms with Crippen molar-refractivity contribution in [1.82, 2.24) is 4.98 Å². The predicted octanol–water partition coefficient (Wildman–Crippen LogP) is 3.05. The van der Waals surface area contributed by atoms with Crippen molar-refractivity contribution in [2.24, 2.45) is 0 Å². The van der Waals surface area contributed by atoms with Gasteiger partial charge in [0.05, 0.1) is 18.0 Å². The van der Waals surface area contributed by atoms with Crippen molar-refractivity contribution in [2.75, 3.05) is 30.8 Å².